The molecule has 9 heteroatoms. The fourth-order valence-corrected chi connectivity index (χ4v) is 5.62. The van der Waals surface area contributed by atoms with Gasteiger partial charge in [-0.05, 0) is 67.6 Å². The zero-order valence-electron chi connectivity index (χ0n) is 27.1. The summed E-state index contributed by atoms with van der Waals surface area (Å²) in [4.78, 5) is 13.2. The highest BCUT2D eigenvalue weighted by Gasteiger charge is 2.30. The summed E-state index contributed by atoms with van der Waals surface area (Å²) in [5.41, 5.74) is 7.73. The van der Waals surface area contributed by atoms with Crippen LogP contribution in [0.3, 0.4) is 0 Å². The molecule has 0 saturated carbocycles. The van der Waals surface area contributed by atoms with Crippen LogP contribution in [0.2, 0.25) is 0 Å². The Morgan fingerprint density at radius 3 is 2.50 bits per heavy atom. The number of aliphatic hydroxyl groups is 1. The summed E-state index contributed by atoms with van der Waals surface area (Å²) in [6.45, 7) is 11.4. The van der Waals surface area contributed by atoms with Gasteiger partial charge in [-0.2, -0.15) is 0 Å². The fourth-order valence-electron chi connectivity index (χ4n) is 5.62. The summed E-state index contributed by atoms with van der Waals surface area (Å²) in [5.74, 6) is 1.95. The van der Waals surface area contributed by atoms with Crippen molar-refractivity contribution in [1.29, 1.82) is 0 Å². The number of nitrogens with one attached hydrogen (secondary N) is 1. The minimum atomic E-state index is -0.779. The van der Waals surface area contributed by atoms with Gasteiger partial charge in [0.2, 0.25) is 5.91 Å². The minimum Gasteiger partial charge on any atom is -0.493 e. The van der Waals surface area contributed by atoms with Crippen molar-refractivity contribution in [2.75, 3.05) is 54.3 Å². The fraction of sp³-hybridized carbons (Fsp3) is 0.788. The first-order valence-electron chi connectivity index (χ1n) is 15.7. The molecule has 1 aromatic rings. The van der Waals surface area contributed by atoms with Crippen LogP contribution in [0.5, 0.6) is 11.5 Å². The quantitative estimate of drug-likeness (QED) is 0.204. The van der Waals surface area contributed by atoms with Crippen molar-refractivity contribution in [1.82, 2.24) is 5.32 Å². The second-order valence-corrected chi connectivity index (χ2v) is 12.5. The second kappa shape index (κ2) is 19.4. The lowest BCUT2D eigenvalue weighted by Crippen LogP contribution is -2.43. The van der Waals surface area contributed by atoms with Gasteiger partial charge in [0.1, 0.15) is 0 Å². The van der Waals surface area contributed by atoms with Gasteiger partial charge < -0.3 is 39.8 Å². The maximum absolute atomic E-state index is 13.2. The zero-order chi connectivity index (χ0) is 31.1. The number of carbonyl (C=O) groups excluding carboxylic acids is 1. The van der Waals surface area contributed by atoms with Crippen LogP contribution in [-0.2, 0) is 25.4 Å². The van der Waals surface area contributed by atoms with E-state index in [1.165, 1.54) is 0 Å². The molecule has 0 aliphatic carbocycles. The maximum Gasteiger partial charge on any atom is 0.223 e. The lowest BCUT2D eigenvalue weighted by atomic mass is 9.80. The summed E-state index contributed by atoms with van der Waals surface area (Å²) in [6.07, 6.45) is 3.70. The van der Waals surface area contributed by atoms with E-state index in [4.69, 9.17) is 29.4 Å². The van der Waals surface area contributed by atoms with Gasteiger partial charge in [0.15, 0.2) is 11.5 Å². The molecular weight excluding hydrogens is 536 g/mol. The van der Waals surface area contributed by atoms with Crippen LogP contribution in [0.4, 0.5) is 0 Å². The molecule has 1 aliphatic rings. The highest BCUT2D eigenvalue weighted by atomic mass is 16.5. The predicted octanol–water partition coefficient (Wildman–Crippen LogP) is 4.22. The molecule has 1 aromatic carbocycles. The highest BCUT2D eigenvalue weighted by Crippen LogP contribution is 2.32. The number of ether oxygens (including phenoxy) is 5. The number of methoxy groups -OCH3 is 3. The summed E-state index contributed by atoms with van der Waals surface area (Å²) < 4.78 is 27.8. The molecule has 2 rings (SSSR count). The first kappa shape index (κ1) is 36.3. The van der Waals surface area contributed by atoms with E-state index < -0.39 is 12.1 Å². The monoisotopic (exact) mass is 594 g/mol. The number of nitrogens with two attached hydrogens (primary N) is 1. The van der Waals surface area contributed by atoms with Crippen LogP contribution in [0.15, 0.2) is 18.2 Å². The molecule has 9 nitrogen and oxygen atoms in total. The summed E-state index contributed by atoms with van der Waals surface area (Å²) >= 11 is 0. The van der Waals surface area contributed by atoms with Crippen LogP contribution in [0, 0.1) is 29.6 Å². The van der Waals surface area contributed by atoms with E-state index in [0.717, 1.165) is 37.0 Å². The molecule has 1 heterocycles. The van der Waals surface area contributed by atoms with Crippen LogP contribution < -0.4 is 20.5 Å². The normalized spacial score (nSPS) is 20.5. The SMILES string of the molecule is COCCCOc1cc(C[C@@H](C[C@H](N)[C@@H](O)C[C@H](C(=O)NC[C@H]2COCC[C@@H](OC)C2)C(C)C)C(C)C)ccc1OC. The number of carbonyl (C=O) groups is 1. The van der Waals surface area contributed by atoms with E-state index in [-0.39, 0.29) is 35.7 Å². The molecule has 1 fully saturated rings. The van der Waals surface area contributed by atoms with Gasteiger partial charge in [0.05, 0.1) is 32.5 Å². The summed E-state index contributed by atoms with van der Waals surface area (Å²) in [5, 5.41) is 14.3. The highest BCUT2D eigenvalue weighted by molar-refractivity contribution is 5.78. The van der Waals surface area contributed by atoms with Crippen molar-refractivity contribution in [3.8, 4) is 11.5 Å². The van der Waals surface area contributed by atoms with Crippen LogP contribution in [-0.4, -0.2) is 83.6 Å². The Balaban J connectivity index is 1.97. The van der Waals surface area contributed by atoms with Gasteiger partial charge in [-0.3, -0.25) is 4.79 Å². The Labute approximate surface area is 254 Å². The van der Waals surface area contributed by atoms with Gasteiger partial charge in [0, 0.05) is 58.3 Å². The smallest absolute Gasteiger partial charge is 0.223 e. The Kier molecular flexibility index (Phi) is 16.7. The molecule has 1 saturated heterocycles. The van der Waals surface area contributed by atoms with Crippen molar-refractivity contribution >= 4 is 5.91 Å². The largest absolute Gasteiger partial charge is 0.493 e. The molecule has 6 atom stereocenters. The van der Waals surface area contributed by atoms with E-state index in [9.17, 15) is 9.90 Å². The molecule has 4 N–H and O–H groups in total. The first-order valence-corrected chi connectivity index (χ1v) is 15.7. The molecule has 0 spiro atoms. The topological polar surface area (TPSA) is 122 Å². The van der Waals surface area contributed by atoms with Gasteiger partial charge in [0.25, 0.3) is 0 Å². The summed E-state index contributed by atoms with van der Waals surface area (Å²) in [7, 11) is 5.05. The molecule has 242 valence electrons. The third-order valence-electron chi connectivity index (χ3n) is 8.56. The molecule has 0 aromatic heterocycles. The number of hydrogen-bond acceptors (Lipinski definition) is 8. The number of amides is 1. The van der Waals surface area contributed by atoms with E-state index >= 15 is 0 Å². The molecule has 0 unspecified atom stereocenters. The average molecular weight is 595 g/mol. The van der Waals surface area contributed by atoms with Crippen LogP contribution in [0.1, 0.15) is 65.4 Å². The van der Waals surface area contributed by atoms with Crippen molar-refractivity contribution in [3.63, 3.8) is 0 Å². The van der Waals surface area contributed by atoms with Crippen molar-refractivity contribution in [2.24, 2.45) is 35.3 Å². The maximum atomic E-state index is 13.2. The number of rotatable bonds is 19. The number of aliphatic hydroxyl groups excluding tert-OH is 1. The number of benzene rings is 1. The minimum absolute atomic E-state index is 0.0360. The first-order chi connectivity index (χ1) is 20.1. The Morgan fingerprint density at radius 1 is 1.10 bits per heavy atom. The Morgan fingerprint density at radius 2 is 1.86 bits per heavy atom. The van der Waals surface area contributed by atoms with E-state index in [1.807, 2.05) is 26.0 Å². The zero-order valence-corrected chi connectivity index (χ0v) is 27.1. The van der Waals surface area contributed by atoms with Gasteiger partial charge in [-0.15, -0.1) is 0 Å². The standard InChI is InChI=1S/C33H58N2O7/c1-22(2)26(15-24-9-10-31(40-7)32(17-24)42-13-8-12-38-5)18-29(34)30(36)19-28(23(3)4)33(37)35-20-25-16-27(39-6)11-14-41-21-25/h9-10,17,22-23,25-30,36H,8,11-16,18-21,34H2,1-7H3,(H,35,37)/t25-,26-,27+,28-,29-,30-/m0/s1. The van der Waals surface area contributed by atoms with Gasteiger partial charge in [-0.1, -0.05) is 33.8 Å². The molecule has 42 heavy (non-hydrogen) atoms. The van der Waals surface area contributed by atoms with Gasteiger partial charge >= 0.3 is 0 Å². The third kappa shape index (κ3) is 12.4. The van der Waals surface area contributed by atoms with Crippen molar-refractivity contribution in [2.45, 2.75) is 84.5 Å². The van der Waals surface area contributed by atoms with Crippen molar-refractivity contribution < 1.29 is 33.6 Å². The lowest BCUT2D eigenvalue weighted by Gasteiger charge is -2.30. The average Bonchev–Trinajstić information content (AvgIpc) is 3.21. The third-order valence-corrected chi connectivity index (χ3v) is 8.56. The van der Waals surface area contributed by atoms with E-state index in [0.29, 0.717) is 57.5 Å². The van der Waals surface area contributed by atoms with Crippen molar-refractivity contribution in [3.05, 3.63) is 23.8 Å². The van der Waals surface area contributed by atoms with E-state index in [1.54, 1.807) is 21.3 Å². The number of hydrogen-bond donors (Lipinski definition) is 3. The molecular formula is C33H58N2O7. The lowest BCUT2D eigenvalue weighted by molar-refractivity contribution is -0.128. The second-order valence-electron chi connectivity index (χ2n) is 12.5. The van der Waals surface area contributed by atoms with Gasteiger partial charge in [-0.25, -0.2) is 0 Å². The molecule has 0 radical (unpaired) electrons. The molecule has 0 bridgehead atoms. The molecule has 1 amide bonds. The summed E-state index contributed by atoms with van der Waals surface area (Å²) in [6, 6.07) is 5.60. The molecule has 1 aliphatic heterocycles. The van der Waals surface area contributed by atoms with Crippen LogP contribution >= 0.6 is 0 Å². The predicted molar refractivity (Wildman–Crippen MR) is 166 cm³/mol. The Bertz CT molecular complexity index is 897. The van der Waals surface area contributed by atoms with E-state index in [2.05, 4.69) is 25.2 Å². The Hall–Kier alpha value is -1.91. The van der Waals surface area contributed by atoms with Crippen LogP contribution in [0.25, 0.3) is 0 Å².